The summed E-state index contributed by atoms with van der Waals surface area (Å²) in [6, 6.07) is 3.66. The van der Waals surface area contributed by atoms with Gasteiger partial charge in [-0.05, 0) is 0 Å². The average molecular weight is 204 g/mol. The van der Waals surface area contributed by atoms with Crippen molar-refractivity contribution >= 4 is 5.91 Å². The molecule has 0 spiro atoms. The van der Waals surface area contributed by atoms with Crippen molar-refractivity contribution in [2.75, 3.05) is 6.54 Å². The predicted octanol–water partition coefficient (Wildman–Crippen LogP) is -0.820. The van der Waals surface area contributed by atoms with Crippen LogP contribution >= 0.6 is 0 Å². The van der Waals surface area contributed by atoms with Crippen LogP contribution in [0.5, 0.6) is 0 Å². The molecule has 0 aliphatic rings. The summed E-state index contributed by atoms with van der Waals surface area (Å²) in [5.74, 6) is -0.237. The van der Waals surface area contributed by atoms with Crippen molar-refractivity contribution < 1.29 is 4.79 Å². The third-order valence-corrected chi connectivity index (χ3v) is 1.50. The van der Waals surface area contributed by atoms with Gasteiger partial charge in [-0.3, -0.25) is 4.79 Å². The zero-order valence-electron chi connectivity index (χ0n) is 7.84. The topological polar surface area (TPSA) is 107 Å². The Morgan fingerprint density at radius 2 is 2.40 bits per heavy atom. The van der Waals surface area contributed by atoms with Crippen molar-refractivity contribution in [3.05, 3.63) is 12.2 Å². The molecule has 1 amide bonds. The van der Waals surface area contributed by atoms with Crippen LogP contribution in [0.1, 0.15) is 12.2 Å². The van der Waals surface area contributed by atoms with E-state index in [1.165, 1.54) is 11.0 Å². The van der Waals surface area contributed by atoms with E-state index >= 15 is 0 Å². The molecule has 0 saturated carbocycles. The fourth-order valence-electron chi connectivity index (χ4n) is 0.883. The fraction of sp³-hybridized carbons (Fsp3) is 0.375. The minimum Gasteiger partial charge on any atom is -0.353 e. The number of hydrogen-bond acceptors (Lipinski definition) is 5. The van der Waals surface area contributed by atoms with Crippen molar-refractivity contribution in [2.45, 2.75) is 13.0 Å². The molecule has 0 unspecified atom stereocenters. The summed E-state index contributed by atoms with van der Waals surface area (Å²) in [5.41, 5.74) is 0. The molecule has 0 saturated heterocycles. The van der Waals surface area contributed by atoms with Gasteiger partial charge >= 0.3 is 0 Å². The minimum absolute atomic E-state index is 0.000108. The monoisotopic (exact) mass is 204 g/mol. The van der Waals surface area contributed by atoms with Gasteiger partial charge in [-0.25, -0.2) is 9.67 Å². The second-order valence-electron chi connectivity index (χ2n) is 2.64. The fourth-order valence-corrected chi connectivity index (χ4v) is 0.883. The van der Waals surface area contributed by atoms with E-state index in [1.54, 1.807) is 6.07 Å². The molecule has 76 valence electrons. The van der Waals surface area contributed by atoms with Crippen LogP contribution < -0.4 is 5.32 Å². The molecule has 0 aromatic carbocycles. The van der Waals surface area contributed by atoms with Crippen LogP contribution in [0.4, 0.5) is 0 Å². The Labute approximate surface area is 85.9 Å². The normalized spacial score (nSPS) is 8.93. The summed E-state index contributed by atoms with van der Waals surface area (Å²) >= 11 is 0. The van der Waals surface area contributed by atoms with Gasteiger partial charge in [0.15, 0.2) is 0 Å². The average Bonchev–Trinajstić information content (AvgIpc) is 2.66. The number of rotatable bonds is 4. The van der Waals surface area contributed by atoms with Gasteiger partial charge in [0, 0.05) is 6.54 Å². The molecule has 0 fully saturated rings. The highest BCUT2D eigenvalue weighted by molar-refractivity contribution is 5.75. The first-order valence-corrected chi connectivity index (χ1v) is 4.19. The largest absolute Gasteiger partial charge is 0.353 e. The molecular weight excluding hydrogens is 196 g/mol. The number of nitriles is 2. The summed E-state index contributed by atoms with van der Waals surface area (Å²) in [6.07, 6.45) is 1.58. The summed E-state index contributed by atoms with van der Waals surface area (Å²) in [7, 11) is 0. The zero-order valence-corrected chi connectivity index (χ0v) is 7.84. The highest BCUT2D eigenvalue weighted by Crippen LogP contribution is 1.87. The van der Waals surface area contributed by atoms with Crippen LogP contribution in [-0.2, 0) is 11.3 Å². The lowest BCUT2D eigenvalue weighted by Gasteiger charge is -2.01. The third-order valence-electron chi connectivity index (χ3n) is 1.50. The van der Waals surface area contributed by atoms with Crippen molar-refractivity contribution in [1.82, 2.24) is 20.1 Å². The smallest absolute Gasteiger partial charge is 0.252 e. The lowest BCUT2D eigenvalue weighted by molar-refractivity contribution is -0.121. The van der Waals surface area contributed by atoms with Gasteiger partial charge in [0.2, 0.25) is 5.91 Å². The number of carbonyl (C=O) groups is 1. The molecule has 1 aromatic heterocycles. The number of hydrogen-bond donors (Lipinski definition) is 1. The van der Waals surface area contributed by atoms with Crippen LogP contribution in [0.2, 0.25) is 0 Å². The van der Waals surface area contributed by atoms with Gasteiger partial charge in [0.05, 0.1) is 12.5 Å². The molecule has 1 heterocycles. The molecule has 1 rings (SSSR count). The highest BCUT2D eigenvalue weighted by Gasteiger charge is 2.04. The SMILES string of the molecule is N#CCCNC(=O)Cn1cnc(C#N)n1. The second kappa shape index (κ2) is 5.35. The van der Waals surface area contributed by atoms with Gasteiger partial charge in [-0.15, -0.1) is 5.10 Å². The Balaban J connectivity index is 2.39. The summed E-state index contributed by atoms with van der Waals surface area (Å²) in [4.78, 5) is 14.8. The van der Waals surface area contributed by atoms with Crippen molar-refractivity contribution in [3.63, 3.8) is 0 Å². The molecule has 0 atom stereocenters. The van der Waals surface area contributed by atoms with E-state index < -0.39 is 0 Å². The molecule has 0 bridgehead atoms. The van der Waals surface area contributed by atoms with E-state index in [1.807, 2.05) is 6.07 Å². The number of aromatic nitrogens is 3. The predicted molar refractivity (Wildman–Crippen MR) is 48.0 cm³/mol. The quantitative estimate of drug-likeness (QED) is 0.644. The van der Waals surface area contributed by atoms with E-state index in [4.69, 9.17) is 10.5 Å². The van der Waals surface area contributed by atoms with E-state index in [0.717, 1.165) is 0 Å². The van der Waals surface area contributed by atoms with E-state index in [0.29, 0.717) is 6.54 Å². The minimum atomic E-state index is -0.264. The highest BCUT2D eigenvalue weighted by atomic mass is 16.2. The molecule has 7 heteroatoms. The van der Waals surface area contributed by atoms with Crippen LogP contribution in [-0.4, -0.2) is 27.2 Å². The third kappa shape index (κ3) is 3.44. The molecule has 1 aromatic rings. The standard InChI is InChI=1S/C8H8N6O/c9-2-1-3-11-8(15)5-14-6-12-7(4-10)13-14/h6H,1,3,5H2,(H,11,15). The molecule has 0 radical (unpaired) electrons. The van der Waals surface area contributed by atoms with Crippen molar-refractivity contribution in [1.29, 1.82) is 10.5 Å². The van der Waals surface area contributed by atoms with E-state index in [9.17, 15) is 4.79 Å². The van der Waals surface area contributed by atoms with E-state index in [2.05, 4.69) is 15.4 Å². The Morgan fingerprint density at radius 1 is 1.60 bits per heavy atom. The number of amides is 1. The number of nitrogens with zero attached hydrogens (tertiary/aromatic N) is 5. The Bertz CT molecular complexity index is 423. The van der Waals surface area contributed by atoms with Gasteiger partial charge < -0.3 is 5.32 Å². The summed E-state index contributed by atoms with van der Waals surface area (Å²) in [6.45, 7) is 0.315. The Morgan fingerprint density at radius 3 is 3.00 bits per heavy atom. The maximum atomic E-state index is 11.2. The lowest BCUT2D eigenvalue weighted by atomic mass is 10.4. The van der Waals surface area contributed by atoms with Gasteiger partial charge in [-0.2, -0.15) is 10.5 Å². The number of nitrogens with one attached hydrogen (secondary N) is 1. The zero-order chi connectivity index (χ0) is 11.1. The van der Waals surface area contributed by atoms with Crippen LogP contribution in [0, 0.1) is 22.7 Å². The maximum absolute atomic E-state index is 11.2. The molecule has 15 heavy (non-hydrogen) atoms. The van der Waals surface area contributed by atoms with E-state index in [-0.39, 0.29) is 24.7 Å². The lowest BCUT2D eigenvalue weighted by Crippen LogP contribution is -2.28. The Kier molecular flexibility index (Phi) is 3.80. The summed E-state index contributed by atoms with van der Waals surface area (Å²) < 4.78 is 1.26. The van der Waals surface area contributed by atoms with Crippen LogP contribution in [0.25, 0.3) is 0 Å². The van der Waals surface area contributed by atoms with Crippen LogP contribution in [0.3, 0.4) is 0 Å². The first kappa shape index (κ1) is 10.7. The Hall–Kier alpha value is -2.41. The van der Waals surface area contributed by atoms with Gasteiger partial charge in [-0.1, -0.05) is 0 Å². The van der Waals surface area contributed by atoms with Gasteiger partial charge in [0.25, 0.3) is 5.82 Å². The number of carbonyl (C=O) groups excluding carboxylic acids is 1. The van der Waals surface area contributed by atoms with Crippen molar-refractivity contribution in [3.8, 4) is 12.1 Å². The second-order valence-corrected chi connectivity index (χ2v) is 2.64. The molecule has 0 aliphatic heterocycles. The molecular formula is C8H8N6O. The van der Waals surface area contributed by atoms with Crippen LogP contribution in [0.15, 0.2) is 6.33 Å². The first-order chi connectivity index (χ1) is 7.26. The van der Waals surface area contributed by atoms with Gasteiger partial charge in [0.1, 0.15) is 18.9 Å². The summed E-state index contributed by atoms with van der Waals surface area (Å²) in [5, 5.41) is 22.9. The molecule has 7 nitrogen and oxygen atoms in total. The first-order valence-electron chi connectivity index (χ1n) is 4.19. The molecule has 0 aliphatic carbocycles. The van der Waals surface area contributed by atoms with Crippen molar-refractivity contribution in [2.24, 2.45) is 0 Å². The maximum Gasteiger partial charge on any atom is 0.252 e. The molecule has 1 N–H and O–H groups in total.